The molecule has 1 aliphatic heterocycles. The molecule has 0 unspecified atom stereocenters. The number of amides is 3. The first-order valence-electron chi connectivity index (χ1n) is 7.77. The van der Waals surface area contributed by atoms with Crippen LogP contribution in [-0.2, 0) is 22.6 Å². The van der Waals surface area contributed by atoms with Gasteiger partial charge in [-0.2, -0.15) is 0 Å². The van der Waals surface area contributed by atoms with Crippen LogP contribution in [0.1, 0.15) is 32.1 Å². The highest BCUT2D eigenvalue weighted by Gasteiger charge is 2.30. The molecule has 2 aromatic rings. The molecule has 1 saturated heterocycles. The highest BCUT2D eigenvalue weighted by atomic mass is 32.1. The zero-order valence-electron chi connectivity index (χ0n) is 13.3. The van der Waals surface area contributed by atoms with Gasteiger partial charge < -0.3 is 5.32 Å². The first-order valence-corrected chi connectivity index (χ1v) is 8.59. The topological polar surface area (TPSA) is 75.3 Å². The number of hydrogen-bond acceptors (Lipinski definition) is 4. The molecule has 1 aromatic carbocycles. The molecule has 1 fully saturated rings. The van der Waals surface area contributed by atoms with Gasteiger partial charge in [0, 0.05) is 21.7 Å². The predicted octanol–water partition coefficient (Wildman–Crippen LogP) is 2.19. The second-order valence-corrected chi connectivity index (χ2v) is 7.28. The van der Waals surface area contributed by atoms with Gasteiger partial charge in [0.05, 0.1) is 12.5 Å². The standard InChI is InChI=1S/C18H18N2O3S/c1-11-2-7-15(24-11)10-19-17(22)13-5-3-12(4-6-13)8-14-9-16(21)20-18(14)23/h2-7,14H,8-10H2,1H3,(H,19,22)(H,20,21,23)/t14-/m0/s1. The van der Waals surface area contributed by atoms with E-state index in [0.717, 1.165) is 10.4 Å². The molecule has 6 heteroatoms. The molecule has 1 aromatic heterocycles. The van der Waals surface area contributed by atoms with E-state index in [4.69, 9.17) is 0 Å². The molecule has 0 saturated carbocycles. The second kappa shape index (κ2) is 6.97. The molecule has 0 aliphatic carbocycles. The van der Waals surface area contributed by atoms with Crippen LogP contribution in [0.4, 0.5) is 0 Å². The van der Waals surface area contributed by atoms with E-state index in [2.05, 4.69) is 10.6 Å². The lowest BCUT2D eigenvalue weighted by Crippen LogP contribution is -2.23. The fourth-order valence-corrected chi connectivity index (χ4v) is 3.53. The maximum atomic E-state index is 12.2. The maximum absolute atomic E-state index is 12.2. The average molecular weight is 342 g/mol. The monoisotopic (exact) mass is 342 g/mol. The smallest absolute Gasteiger partial charge is 0.251 e. The van der Waals surface area contributed by atoms with Gasteiger partial charge in [0.25, 0.3) is 5.91 Å². The summed E-state index contributed by atoms with van der Waals surface area (Å²) in [6.45, 7) is 2.55. The van der Waals surface area contributed by atoms with E-state index in [-0.39, 0.29) is 30.1 Å². The zero-order valence-corrected chi connectivity index (χ0v) is 14.1. The van der Waals surface area contributed by atoms with Gasteiger partial charge >= 0.3 is 0 Å². The molecule has 0 radical (unpaired) electrons. The van der Waals surface area contributed by atoms with Crippen LogP contribution in [0.5, 0.6) is 0 Å². The van der Waals surface area contributed by atoms with Crippen molar-refractivity contribution in [3.63, 3.8) is 0 Å². The Morgan fingerprint density at radius 2 is 1.96 bits per heavy atom. The van der Waals surface area contributed by atoms with Gasteiger partial charge in [-0.25, -0.2) is 0 Å². The number of rotatable bonds is 5. The van der Waals surface area contributed by atoms with Gasteiger partial charge in [-0.3, -0.25) is 19.7 Å². The van der Waals surface area contributed by atoms with Crippen molar-refractivity contribution in [2.24, 2.45) is 5.92 Å². The van der Waals surface area contributed by atoms with Crippen LogP contribution in [-0.4, -0.2) is 17.7 Å². The van der Waals surface area contributed by atoms with Gasteiger partial charge in [-0.05, 0) is 43.2 Å². The predicted molar refractivity (Wildman–Crippen MR) is 91.6 cm³/mol. The summed E-state index contributed by atoms with van der Waals surface area (Å²) >= 11 is 1.67. The number of nitrogens with one attached hydrogen (secondary N) is 2. The third-order valence-corrected chi connectivity index (χ3v) is 4.98. The van der Waals surface area contributed by atoms with Crippen LogP contribution < -0.4 is 10.6 Å². The lowest BCUT2D eigenvalue weighted by molar-refractivity contribution is -0.125. The van der Waals surface area contributed by atoms with Crippen molar-refractivity contribution in [3.05, 3.63) is 57.3 Å². The number of benzene rings is 1. The van der Waals surface area contributed by atoms with E-state index in [1.54, 1.807) is 23.5 Å². The van der Waals surface area contributed by atoms with Crippen molar-refractivity contribution in [2.45, 2.75) is 26.3 Å². The zero-order chi connectivity index (χ0) is 17.1. The van der Waals surface area contributed by atoms with Gasteiger partial charge in [0.1, 0.15) is 0 Å². The van der Waals surface area contributed by atoms with E-state index >= 15 is 0 Å². The van der Waals surface area contributed by atoms with E-state index in [1.807, 2.05) is 31.2 Å². The molecule has 0 spiro atoms. The molecular weight excluding hydrogens is 324 g/mol. The molecule has 1 aliphatic rings. The minimum atomic E-state index is -0.306. The number of carbonyl (C=O) groups excluding carboxylic acids is 3. The molecule has 5 nitrogen and oxygen atoms in total. The fraction of sp³-hybridized carbons (Fsp3) is 0.278. The molecule has 1 atom stereocenters. The van der Waals surface area contributed by atoms with Gasteiger partial charge in [0.2, 0.25) is 11.8 Å². The maximum Gasteiger partial charge on any atom is 0.251 e. The first-order chi connectivity index (χ1) is 11.5. The second-order valence-electron chi connectivity index (χ2n) is 5.91. The third-order valence-electron chi connectivity index (χ3n) is 3.98. The Kier molecular flexibility index (Phi) is 4.76. The van der Waals surface area contributed by atoms with Crippen LogP contribution in [0.2, 0.25) is 0 Å². The van der Waals surface area contributed by atoms with Crippen molar-refractivity contribution >= 4 is 29.1 Å². The summed E-state index contributed by atoms with van der Waals surface area (Å²) in [6, 6.07) is 11.2. The highest BCUT2D eigenvalue weighted by Crippen LogP contribution is 2.18. The van der Waals surface area contributed by atoms with Crippen LogP contribution in [0.25, 0.3) is 0 Å². The van der Waals surface area contributed by atoms with Crippen molar-refractivity contribution < 1.29 is 14.4 Å². The summed E-state index contributed by atoms with van der Waals surface area (Å²) in [5.74, 6) is -0.862. The first kappa shape index (κ1) is 16.4. The summed E-state index contributed by atoms with van der Waals surface area (Å²) in [5, 5.41) is 5.21. The molecule has 2 N–H and O–H groups in total. The molecular formula is C18H18N2O3S. The normalized spacial score (nSPS) is 17.0. The fourth-order valence-electron chi connectivity index (χ4n) is 2.70. The Hall–Kier alpha value is -2.47. The van der Waals surface area contributed by atoms with E-state index < -0.39 is 0 Å². The molecule has 0 bridgehead atoms. The molecule has 3 rings (SSSR count). The van der Waals surface area contributed by atoms with Gasteiger partial charge in [-0.1, -0.05) is 12.1 Å². The number of hydrogen-bond donors (Lipinski definition) is 2. The van der Waals surface area contributed by atoms with Gasteiger partial charge in [-0.15, -0.1) is 11.3 Å². The molecule has 124 valence electrons. The van der Waals surface area contributed by atoms with Crippen LogP contribution in [0, 0.1) is 12.8 Å². The summed E-state index contributed by atoms with van der Waals surface area (Å²) in [6.07, 6.45) is 0.745. The van der Waals surface area contributed by atoms with Crippen molar-refractivity contribution in [1.82, 2.24) is 10.6 Å². The minimum Gasteiger partial charge on any atom is -0.347 e. The number of carbonyl (C=O) groups is 3. The quantitative estimate of drug-likeness (QED) is 0.818. The molecule has 24 heavy (non-hydrogen) atoms. The lowest BCUT2D eigenvalue weighted by atomic mass is 9.97. The SMILES string of the molecule is Cc1ccc(CNC(=O)c2ccc(C[C@H]3CC(=O)NC3=O)cc2)s1. The molecule has 2 heterocycles. The lowest BCUT2D eigenvalue weighted by Gasteiger charge is -2.08. The van der Waals surface area contributed by atoms with E-state index in [0.29, 0.717) is 18.5 Å². The van der Waals surface area contributed by atoms with E-state index in [9.17, 15) is 14.4 Å². The van der Waals surface area contributed by atoms with Gasteiger partial charge in [0.15, 0.2) is 0 Å². The Morgan fingerprint density at radius 1 is 1.21 bits per heavy atom. The number of imide groups is 1. The Morgan fingerprint density at radius 3 is 2.54 bits per heavy atom. The Labute approximate surface area is 144 Å². The Bertz CT molecular complexity index is 780. The minimum absolute atomic E-state index is 0.124. The number of aryl methyl sites for hydroxylation is 1. The van der Waals surface area contributed by atoms with Crippen molar-refractivity contribution in [2.75, 3.05) is 0 Å². The Balaban J connectivity index is 1.56. The summed E-state index contributed by atoms with van der Waals surface area (Å²) in [7, 11) is 0. The van der Waals surface area contributed by atoms with Crippen LogP contribution >= 0.6 is 11.3 Å². The van der Waals surface area contributed by atoms with Crippen LogP contribution in [0.3, 0.4) is 0 Å². The third kappa shape index (κ3) is 3.89. The highest BCUT2D eigenvalue weighted by molar-refractivity contribution is 7.11. The van der Waals surface area contributed by atoms with E-state index in [1.165, 1.54) is 4.88 Å². The van der Waals surface area contributed by atoms with Crippen molar-refractivity contribution in [3.8, 4) is 0 Å². The molecule has 3 amide bonds. The summed E-state index contributed by atoms with van der Waals surface area (Å²) in [4.78, 5) is 37.3. The largest absolute Gasteiger partial charge is 0.347 e. The average Bonchev–Trinajstić information content (AvgIpc) is 3.11. The van der Waals surface area contributed by atoms with Crippen LogP contribution in [0.15, 0.2) is 36.4 Å². The summed E-state index contributed by atoms with van der Waals surface area (Å²) in [5.41, 5.74) is 1.52. The van der Waals surface area contributed by atoms with Crippen molar-refractivity contribution in [1.29, 1.82) is 0 Å². The number of thiophene rings is 1. The summed E-state index contributed by atoms with van der Waals surface area (Å²) < 4.78 is 0.